The second kappa shape index (κ2) is 10.8. The van der Waals surface area contributed by atoms with Crippen molar-refractivity contribution in [1.82, 2.24) is 39.9 Å². The Morgan fingerprint density at radius 2 is 0.878 bits per heavy atom. The molecule has 0 aliphatic carbocycles. The van der Waals surface area contributed by atoms with Gasteiger partial charge in [0.15, 0.2) is 0 Å². The third kappa shape index (κ3) is 4.90. The second-order valence-corrected chi connectivity index (χ2v) is 13.6. The summed E-state index contributed by atoms with van der Waals surface area (Å²) in [6, 6.07) is 23.0. The molecule has 0 unspecified atom stereocenters. The summed E-state index contributed by atoms with van der Waals surface area (Å²) in [6.45, 7) is 0. The van der Waals surface area contributed by atoms with Crippen molar-refractivity contribution in [2.75, 3.05) is 0 Å². The van der Waals surface area contributed by atoms with Gasteiger partial charge in [-0.2, -0.15) is 0 Å². The van der Waals surface area contributed by atoms with Gasteiger partial charge < -0.3 is 39.0 Å². The molecular weight excluding hydrogens is 720 g/mol. The summed E-state index contributed by atoms with van der Waals surface area (Å²) in [5, 5.41) is 0.884. The van der Waals surface area contributed by atoms with Crippen LogP contribution in [-0.2, 0) is 37.3 Å². The summed E-state index contributed by atoms with van der Waals surface area (Å²) < 4.78 is 74.1. The van der Waals surface area contributed by atoms with E-state index in [9.17, 15) is 25.9 Å². The summed E-state index contributed by atoms with van der Waals surface area (Å²) in [7, 11) is -10.6. The van der Waals surface area contributed by atoms with Crippen molar-refractivity contribution in [3.8, 4) is 45.6 Å². The van der Waals surface area contributed by atoms with Gasteiger partial charge in [0.05, 0.1) is 33.1 Å². The third-order valence-corrected chi connectivity index (χ3v) is 9.69. The van der Waals surface area contributed by atoms with Crippen molar-refractivity contribution in [1.29, 1.82) is 0 Å². The molecule has 0 fully saturated rings. The van der Waals surface area contributed by atoms with Crippen molar-refractivity contribution in [3.63, 3.8) is 0 Å². The molecule has 2 aliphatic rings. The number of nitrogens with zero attached hydrogens (tertiary/aromatic N) is 8. The van der Waals surface area contributed by atoms with E-state index in [1.807, 2.05) is 24.3 Å². The van der Waals surface area contributed by atoms with Crippen LogP contribution in [0.1, 0.15) is 2.85 Å². The monoisotopic (exact) mass is 735 g/mol. The molecule has 4 aromatic carbocycles. The standard InChI is InChI=1S/C32H16N8O6S2.Cu/c41-47(42,43)15-13-22-24(23(14-15)48(44,45)46)32-39-30-21-12-6-5-11-20(21)28(37-30)35-26-17-8-2-1-7-16(17)25(33-26)34-27-18-9-3-4-10-19(18)29(36-27)38-31(22)40-32;/h1-14H,(H2-2,33,34,35,36,37,38,39,40,41,42,43,44,45,46);/q-2;+2. The molecule has 0 spiro atoms. The fourth-order valence-electron chi connectivity index (χ4n) is 5.92. The molecule has 1 radical (unpaired) electrons. The first-order chi connectivity index (χ1) is 23.0. The first-order valence-corrected chi connectivity index (χ1v) is 16.9. The van der Waals surface area contributed by atoms with E-state index in [1.54, 1.807) is 48.5 Å². The van der Waals surface area contributed by atoms with Gasteiger partial charge in [0.2, 0.25) is 0 Å². The summed E-state index contributed by atoms with van der Waals surface area (Å²) >= 11 is 0. The van der Waals surface area contributed by atoms with Crippen molar-refractivity contribution in [2.45, 2.75) is 9.79 Å². The number of fused-ring (bicyclic) bond motifs is 20. The van der Waals surface area contributed by atoms with Crippen LogP contribution in [0.25, 0.3) is 89.7 Å². The smallest absolute Gasteiger partial charge is 0.744 e. The summed E-state index contributed by atoms with van der Waals surface area (Å²) in [5.74, 6) is 0.695. The number of benzene rings is 4. The number of hydrogen-bond acceptors (Lipinski definition) is 12. The molecule has 8 bridgehead atoms. The van der Waals surface area contributed by atoms with Gasteiger partial charge in [0.25, 0.3) is 0 Å². The van der Waals surface area contributed by atoms with E-state index in [0.29, 0.717) is 45.0 Å². The summed E-state index contributed by atoms with van der Waals surface area (Å²) in [6.07, 6.45) is 0. The predicted octanol–water partition coefficient (Wildman–Crippen LogP) is 4.16. The van der Waals surface area contributed by atoms with Gasteiger partial charge in [-0.25, -0.2) is 26.8 Å². The maximum absolute atomic E-state index is 12.6. The van der Waals surface area contributed by atoms with E-state index >= 15 is 0 Å². The quantitative estimate of drug-likeness (QED) is 0.180. The Bertz CT molecular complexity index is 3000. The topological polar surface area (TPSA) is 220 Å². The molecule has 17 heteroatoms. The fourth-order valence-corrected chi connectivity index (χ4v) is 7.24. The van der Waals surface area contributed by atoms with E-state index in [2.05, 4.69) is 24.9 Å². The van der Waals surface area contributed by atoms with Crippen LogP contribution in [0, 0.1) is 0 Å². The first kappa shape index (κ1) is 30.9. The van der Waals surface area contributed by atoms with Gasteiger partial charge >= 0.3 is 19.9 Å². The zero-order valence-electron chi connectivity index (χ0n) is 26.2. The molecule has 5 heterocycles. The Morgan fingerprint density at radius 3 is 1.31 bits per heavy atom. The average Bonchev–Trinajstić information content (AvgIpc) is 3.79. The Morgan fingerprint density at radius 1 is 0.490 bits per heavy atom. The van der Waals surface area contributed by atoms with E-state index in [0.717, 1.165) is 11.5 Å². The third-order valence-electron chi connectivity index (χ3n) is 8.02. The van der Waals surface area contributed by atoms with Crippen LogP contribution in [0.5, 0.6) is 0 Å². The fraction of sp³-hybridized carbons (Fsp3) is 0. The molecular formula is C32H16CuN8O6S2. The molecule has 49 heavy (non-hydrogen) atoms. The summed E-state index contributed by atoms with van der Waals surface area (Å²) in [5.41, 5.74) is 2.42. The molecule has 0 N–H and O–H groups in total. The largest absolute Gasteiger partial charge is 2.00 e. The van der Waals surface area contributed by atoms with Crippen LogP contribution < -0.4 is 9.97 Å². The van der Waals surface area contributed by atoms with Crippen LogP contribution in [0.4, 0.5) is 0 Å². The van der Waals surface area contributed by atoms with E-state index in [4.69, 9.17) is 15.0 Å². The first-order valence-electron chi connectivity index (χ1n) is 14.1. The van der Waals surface area contributed by atoms with Crippen LogP contribution in [0.2, 0.25) is 0 Å². The van der Waals surface area contributed by atoms with E-state index in [1.165, 1.54) is 0 Å². The van der Waals surface area contributed by atoms with Crippen LogP contribution >= 0.6 is 0 Å². The van der Waals surface area contributed by atoms with Crippen LogP contribution in [0.15, 0.2) is 94.7 Å². The van der Waals surface area contributed by atoms with Gasteiger partial charge in [0.1, 0.15) is 20.2 Å². The van der Waals surface area contributed by atoms with E-state index < -0.39 is 30.0 Å². The minimum Gasteiger partial charge on any atom is -0.744 e. The minimum atomic E-state index is -5.38. The molecule has 0 saturated heterocycles. The molecule has 0 saturated carbocycles. The van der Waals surface area contributed by atoms with Gasteiger partial charge in [-0.1, -0.05) is 72.8 Å². The maximum atomic E-state index is 12.6. The maximum Gasteiger partial charge on any atom is 2.00 e. The Balaban J connectivity index is 0.00000149. The van der Waals surface area contributed by atoms with E-state index in [-0.39, 0.29) is 65.3 Å². The van der Waals surface area contributed by atoms with Gasteiger partial charge in [0, 0.05) is 50.2 Å². The number of rotatable bonds is 2. The predicted molar refractivity (Wildman–Crippen MR) is 172 cm³/mol. The molecule has 2 aliphatic heterocycles. The van der Waals surface area contributed by atoms with Crippen molar-refractivity contribution >= 4 is 64.4 Å². The van der Waals surface area contributed by atoms with Crippen molar-refractivity contribution in [3.05, 3.63) is 84.9 Å². The Kier molecular flexibility index (Phi) is 6.80. The molecule has 0 atom stereocenters. The molecule has 7 aromatic rings. The van der Waals surface area contributed by atoms with Crippen molar-refractivity contribution < 1.29 is 45.9 Å². The normalized spacial score (nSPS) is 12.4. The van der Waals surface area contributed by atoms with Gasteiger partial charge in [-0.05, 0) is 28.3 Å². The molecule has 9 rings (SSSR count). The summed E-state index contributed by atoms with van der Waals surface area (Å²) in [4.78, 5) is 35.3. The second-order valence-electron chi connectivity index (χ2n) is 10.9. The molecule has 243 valence electrons. The van der Waals surface area contributed by atoms with Gasteiger partial charge in [-0.15, -0.1) is 0 Å². The molecule has 14 nitrogen and oxygen atoms in total. The van der Waals surface area contributed by atoms with Crippen LogP contribution in [0.3, 0.4) is 0 Å². The molecule has 0 amide bonds. The van der Waals surface area contributed by atoms with Crippen LogP contribution in [-0.4, -0.2) is 55.8 Å². The molecule has 3 aromatic heterocycles. The Labute approximate surface area is 289 Å². The minimum absolute atomic E-state index is 0. The number of aromatic nitrogens is 8. The average molecular weight is 736 g/mol. The SMILES string of the molecule is O=S(=O)([O-])c1cc(S(=O)(=O)[O-])c2c3nc4nc(nc5[n-]c(nc6nc(nc([n-]3)c2c1)-c1ccccc1-6)c1ccccc51)-c1ccccc1-4.[Cu+2].[H+].[H+]. The number of hydrogen-bond donors (Lipinski definition) is 0. The van der Waals surface area contributed by atoms with Crippen molar-refractivity contribution in [2.24, 2.45) is 0 Å². The zero-order valence-corrected chi connectivity index (χ0v) is 26.8. The zero-order chi connectivity index (χ0) is 32.9. The Hall–Kier alpha value is -5.42. The van der Waals surface area contributed by atoms with Gasteiger partial charge in [-0.3, -0.25) is 0 Å².